The fourth-order valence-corrected chi connectivity index (χ4v) is 3.87. The number of thiazole rings is 1. The zero-order valence-electron chi connectivity index (χ0n) is 10.9. The molecular weight excluding hydrogens is 262 g/mol. The molecule has 104 valence electrons. The lowest BCUT2D eigenvalue weighted by atomic mass is 10.00. The van der Waals surface area contributed by atoms with Crippen molar-refractivity contribution < 1.29 is 9.90 Å². The van der Waals surface area contributed by atoms with Crippen LogP contribution in [0.4, 0.5) is 5.13 Å². The third-order valence-electron chi connectivity index (χ3n) is 3.98. The topological polar surface area (TPSA) is 56.7 Å². The van der Waals surface area contributed by atoms with Crippen molar-refractivity contribution in [3.8, 4) is 0 Å². The van der Waals surface area contributed by atoms with E-state index in [9.17, 15) is 4.79 Å². The SMILES string of the molecule is O=C(O)Cc1csc(N2CCN3CCCCC3C2)n1. The standard InChI is InChI=1S/C13H19N3O2S/c17-12(18)7-10-9-19-13(14-10)16-6-5-15-4-2-1-3-11(15)8-16/h9,11H,1-8H2,(H,17,18). The molecule has 0 spiro atoms. The number of carboxylic acids is 1. The number of nitrogens with zero attached hydrogens (tertiary/aromatic N) is 3. The summed E-state index contributed by atoms with van der Waals surface area (Å²) in [5.74, 6) is -0.811. The number of hydrogen-bond acceptors (Lipinski definition) is 5. The summed E-state index contributed by atoms with van der Waals surface area (Å²) in [7, 11) is 0. The van der Waals surface area contributed by atoms with Crippen LogP contribution < -0.4 is 4.90 Å². The van der Waals surface area contributed by atoms with Crippen LogP contribution in [0.25, 0.3) is 0 Å². The highest BCUT2D eigenvalue weighted by atomic mass is 32.1. The summed E-state index contributed by atoms with van der Waals surface area (Å²) in [6.45, 7) is 4.40. The lowest BCUT2D eigenvalue weighted by Gasteiger charge is -2.44. The molecular formula is C13H19N3O2S. The van der Waals surface area contributed by atoms with Gasteiger partial charge in [0.15, 0.2) is 5.13 Å². The molecule has 1 unspecified atom stereocenters. The van der Waals surface area contributed by atoms with E-state index in [2.05, 4.69) is 14.8 Å². The molecule has 0 bridgehead atoms. The largest absolute Gasteiger partial charge is 0.481 e. The molecule has 1 N–H and O–H groups in total. The summed E-state index contributed by atoms with van der Waals surface area (Å²) < 4.78 is 0. The Bertz CT molecular complexity index is 462. The molecule has 1 aromatic rings. The van der Waals surface area contributed by atoms with Gasteiger partial charge in [0.25, 0.3) is 0 Å². The molecule has 0 aromatic carbocycles. The second-order valence-electron chi connectivity index (χ2n) is 5.32. The number of piperazine rings is 1. The fraction of sp³-hybridized carbons (Fsp3) is 0.692. The minimum atomic E-state index is -0.811. The van der Waals surface area contributed by atoms with Crippen molar-refractivity contribution in [2.75, 3.05) is 31.1 Å². The summed E-state index contributed by atoms with van der Waals surface area (Å²) in [6, 6.07) is 0.661. The molecule has 3 heterocycles. The summed E-state index contributed by atoms with van der Waals surface area (Å²) in [5.41, 5.74) is 0.679. The van der Waals surface area contributed by atoms with E-state index < -0.39 is 5.97 Å². The van der Waals surface area contributed by atoms with E-state index in [0.717, 1.165) is 24.8 Å². The molecule has 5 nitrogen and oxygen atoms in total. The number of piperidine rings is 1. The van der Waals surface area contributed by atoms with E-state index in [4.69, 9.17) is 5.11 Å². The van der Waals surface area contributed by atoms with Crippen LogP contribution in [-0.4, -0.2) is 53.2 Å². The van der Waals surface area contributed by atoms with Crippen molar-refractivity contribution in [2.45, 2.75) is 31.7 Å². The van der Waals surface area contributed by atoms with Crippen LogP contribution in [0, 0.1) is 0 Å². The first-order valence-electron chi connectivity index (χ1n) is 6.87. The van der Waals surface area contributed by atoms with Gasteiger partial charge in [0, 0.05) is 31.1 Å². The van der Waals surface area contributed by atoms with Crippen molar-refractivity contribution in [3.05, 3.63) is 11.1 Å². The van der Waals surface area contributed by atoms with Gasteiger partial charge >= 0.3 is 5.97 Å². The highest BCUT2D eigenvalue weighted by Gasteiger charge is 2.29. The van der Waals surface area contributed by atoms with Gasteiger partial charge in [-0.25, -0.2) is 4.98 Å². The number of hydrogen-bond donors (Lipinski definition) is 1. The monoisotopic (exact) mass is 281 g/mol. The Balaban J connectivity index is 1.65. The maximum atomic E-state index is 10.7. The molecule has 2 aliphatic rings. The predicted octanol–water partition coefficient (Wildman–Crippen LogP) is 1.44. The molecule has 0 saturated carbocycles. The molecule has 6 heteroatoms. The van der Waals surface area contributed by atoms with Crippen molar-refractivity contribution in [3.63, 3.8) is 0 Å². The molecule has 1 atom stereocenters. The minimum Gasteiger partial charge on any atom is -0.481 e. The summed E-state index contributed by atoms with van der Waals surface area (Å²) >= 11 is 1.57. The lowest BCUT2D eigenvalue weighted by molar-refractivity contribution is -0.136. The van der Waals surface area contributed by atoms with E-state index in [-0.39, 0.29) is 6.42 Å². The Hall–Kier alpha value is -1.14. The second kappa shape index (κ2) is 5.46. The average Bonchev–Trinajstić information content (AvgIpc) is 2.86. The molecule has 2 aliphatic heterocycles. The first kappa shape index (κ1) is 12.9. The van der Waals surface area contributed by atoms with E-state index >= 15 is 0 Å². The molecule has 0 amide bonds. The smallest absolute Gasteiger partial charge is 0.309 e. The van der Waals surface area contributed by atoms with Crippen LogP contribution in [0.3, 0.4) is 0 Å². The third kappa shape index (κ3) is 2.90. The number of fused-ring (bicyclic) bond motifs is 1. The minimum absolute atomic E-state index is 0.0277. The quantitative estimate of drug-likeness (QED) is 0.908. The fourth-order valence-electron chi connectivity index (χ4n) is 3.01. The number of carbonyl (C=O) groups is 1. The van der Waals surface area contributed by atoms with E-state index in [1.165, 1.54) is 25.8 Å². The maximum absolute atomic E-state index is 10.7. The first-order chi connectivity index (χ1) is 9.22. The van der Waals surface area contributed by atoms with Crippen LogP contribution in [0.2, 0.25) is 0 Å². The van der Waals surface area contributed by atoms with Gasteiger partial charge < -0.3 is 10.0 Å². The Morgan fingerprint density at radius 3 is 3.16 bits per heavy atom. The molecule has 2 saturated heterocycles. The van der Waals surface area contributed by atoms with Crippen LogP contribution in [0.1, 0.15) is 25.0 Å². The van der Waals surface area contributed by atoms with Gasteiger partial charge in [-0.3, -0.25) is 9.69 Å². The Morgan fingerprint density at radius 2 is 2.32 bits per heavy atom. The van der Waals surface area contributed by atoms with Crippen LogP contribution in [0.5, 0.6) is 0 Å². The summed E-state index contributed by atoms with van der Waals surface area (Å²) in [5, 5.41) is 11.6. The van der Waals surface area contributed by atoms with E-state index in [1.807, 2.05) is 5.38 Å². The highest BCUT2D eigenvalue weighted by Crippen LogP contribution is 2.27. The summed E-state index contributed by atoms with van der Waals surface area (Å²) in [6.07, 6.45) is 3.97. The van der Waals surface area contributed by atoms with Gasteiger partial charge in [-0.05, 0) is 19.4 Å². The van der Waals surface area contributed by atoms with E-state index in [0.29, 0.717) is 11.7 Å². The molecule has 2 fully saturated rings. The maximum Gasteiger partial charge on any atom is 0.309 e. The van der Waals surface area contributed by atoms with E-state index in [1.54, 1.807) is 11.3 Å². The third-order valence-corrected chi connectivity index (χ3v) is 4.93. The number of carboxylic acid groups (broad SMARTS) is 1. The number of anilines is 1. The van der Waals surface area contributed by atoms with Crippen molar-refractivity contribution in [1.29, 1.82) is 0 Å². The number of aromatic nitrogens is 1. The Kier molecular flexibility index (Phi) is 3.70. The predicted molar refractivity (Wildman–Crippen MR) is 74.9 cm³/mol. The molecule has 3 rings (SSSR count). The molecule has 1 aromatic heterocycles. The Labute approximate surface area is 116 Å². The van der Waals surface area contributed by atoms with Gasteiger partial charge in [0.05, 0.1) is 12.1 Å². The van der Waals surface area contributed by atoms with Gasteiger partial charge in [-0.15, -0.1) is 11.3 Å². The highest BCUT2D eigenvalue weighted by molar-refractivity contribution is 7.13. The molecule has 0 aliphatic carbocycles. The zero-order valence-corrected chi connectivity index (χ0v) is 11.7. The second-order valence-corrected chi connectivity index (χ2v) is 6.16. The van der Waals surface area contributed by atoms with Gasteiger partial charge in [-0.1, -0.05) is 6.42 Å². The Morgan fingerprint density at radius 1 is 1.42 bits per heavy atom. The van der Waals surface area contributed by atoms with Crippen LogP contribution >= 0.6 is 11.3 Å². The summed E-state index contributed by atoms with van der Waals surface area (Å²) in [4.78, 5) is 20.1. The van der Waals surface area contributed by atoms with Crippen LogP contribution in [0.15, 0.2) is 5.38 Å². The average molecular weight is 281 g/mol. The first-order valence-corrected chi connectivity index (χ1v) is 7.75. The van der Waals surface area contributed by atoms with Gasteiger partial charge in [-0.2, -0.15) is 0 Å². The molecule has 0 radical (unpaired) electrons. The van der Waals surface area contributed by atoms with Gasteiger partial charge in [0.1, 0.15) is 0 Å². The number of rotatable bonds is 3. The lowest BCUT2D eigenvalue weighted by Crippen LogP contribution is -2.54. The molecule has 19 heavy (non-hydrogen) atoms. The van der Waals surface area contributed by atoms with Crippen molar-refractivity contribution in [1.82, 2.24) is 9.88 Å². The van der Waals surface area contributed by atoms with Crippen molar-refractivity contribution >= 4 is 22.4 Å². The van der Waals surface area contributed by atoms with Crippen molar-refractivity contribution in [2.24, 2.45) is 0 Å². The van der Waals surface area contributed by atoms with Gasteiger partial charge in [0.2, 0.25) is 0 Å². The van der Waals surface area contributed by atoms with Crippen LogP contribution in [-0.2, 0) is 11.2 Å². The number of aliphatic carboxylic acids is 1. The zero-order chi connectivity index (χ0) is 13.2. The normalized spacial score (nSPS) is 24.2.